The van der Waals surface area contributed by atoms with Crippen LogP contribution in [0.25, 0.3) is 0 Å². The van der Waals surface area contributed by atoms with Crippen molar-refractivity contribution in [3.05, 3.63) is 64.7 Å². The third-order valence-corrected chi connectivity index (χ3v) is 6.21. The lowest BCUT2D eigenvalue weighted by molar-refractivity contribution is 0.0721. The van der Waals surface area contributed by atoms with Gasteiger partial charge in [0.2, 0.25) is 0 Å². The topological polar surface area (TPSA) is 36.4 Å². The standard InChI is InChI=1S/C24H30FN3O/c1-18-8-9-22(24(29)28-12-3-2-4-13-28)23(26-18)20-10-14-27(15-11-20)17-19-6-5-7-21(25)16-19/h5-9,16,20H,2-4,10-15,17H2,1H3. The Morgan fingerprint density at radius 3 is 2.55 bits per heavy atom. The predicted molar refractivity (Wildman–Crippen MR) is 112 cm³/mol. The minimum Gasteiger partial charge on any atom is -0.339 e. The van der Waals surface area contributed by atoms with E-state index >= 15 is 0 Å². The molecule has 2 aliphatic rings. The Balaban J connectivity index is 1.45. The van der Waals surface area contributed by atoms with Crippen molar-refractivity contribution in [2.75, 3.05) is 26.2 Å². The molecule has 0 bridgehead atoms. The molecule has 5 heteroatoms. The molecule has 0 radical (unpaired) electrons. The highest BCUT2D eigenvalue weighted by atomic mass is 19.1. The summed E-state index contributed by atoms with van der Waals surface area (Å²) in [5.74, 6) is 0.277. The molecular weight excluding hydrogens is 365 g/mol. The number of likely N-dealkylation sites (tertiary alicyclic amines) is 2. The highest BCUT2D eigenvalue weighted by Gasteiger charge is 2.28. The molecule has 0 aliphatic carbocycles. The number of pyridine rings is 1. The number of halogens is 1. The summed E-state index contributed by atoms with van der Waals surface area (Å²) in [7, 11) is 0. The maximum absolute atomic E-state index is 13.5. The van der Waals surface area contributed by atoms with Gasteiger partial charge in [-0.1, -0.05) is 12.1 Å². The number of hydrogen-bond donors (Lipinski definition) is 0. The number of piperidine rings is 2. The van der Waals surface area contributed by atoms with Gasteiger partial charge in [0.25, 0.3) is 5.91 Å². The third kappa shape index (κ3) is 4.84. The highest BCUT2D eigenvalue weighted by molar-refractivity contribution is 5.95. The molecule has 2 fully saturated rings. The Kier molecular flexibility index (Phi) is 6.24. The Hall–Kier alpha value is -2.27. The van der Waals surface area contributed by atoms with Gasteiger partial charge in [-0.15, -0.1) is 0 Å². The zero-order valence-electron chi connectivity index (χ0n) is 17.2. The van der Waals surface area contributed by atoms with Crippen molar-refractivity contribution in [3.8, 4) is 0 Å². The fourth-order valence-corrected chi connectivity index (χ4v) is 4.59. The molecule has 0 atom stereocenters. The lowest BCUT2D eigenvalue weighted by Crippen LogP contribution is -2.37. The fourth-order valence-electron chi connectivity index (χ4n) is 4.59. The first-order chi connectivity index (χ1) is 14.1. The summed E-state index contributed by atoms with van der Waals surface area (Å²) in [6.45, 7) is 6.36. The van der Waals surface area contributed by atoms with Crippen LogP contribution in [0.15, 0.2) is 36.4 Å². The predicted octanol–water partition coefficient (Wildman–Crippen LogP) is 4.53. The molecule has 29 heavy (non-hydrogen) atoms. The second-order valence-corrected chi connectivity index (χ2v) is 8.42. The van der Waals surface area contributed by atoms with Crippen LogP contribution in [0.4, 0.5) is 4.39 Å². The van der Waals surface area contributed by atoms with Crippen molar-refractivity contribution in [2.45, 2.75) is 51.5 Å². The smallest absolute Gasteiger partial charge is 0.255 e. The number of carbonyl (C=O) groups is 1. The van der Waals surface area contributed by atoms with Gasteiger partial charge in [0.15, 0.2) is 0 Å². The van der Waals surface area contributed by atoms with E-state index in [4.69, 9.17) is 4.98 Å². The highest BCUT2D eigenvalue weighted by Crippen LogP contribution is 2.31. The summed E-state index contributed by atoms with van der Waals surface area (Å²) < 4.78 is 13.5. The van der Waals surface area contributed by atoms with Crippen molar-refractivity contribution in [1.29, 1.82) is 0 Å². The Morgan fingerprint density at radius 2 is 1.83 bits per heavy atom. The normalized spacial score (nSPS) is 18.8. The van der Waals surface area contributed by atoms with Crippen molar-refractivity contribution in [2.24, 2.45) is 0 Å². The average Bonchev–Trinajstić information content (AvgIpc) is 2.74. The lowest BCUT2D eigenvalue weighted by Gasteiger charge is -2.33. The van der Waals surface area contributed by atoms with E-state index in [2.05, 4.69) is 4.90 Å². The van der Waals surface area contributed by atoms with Crippen LogP contribution in [0, 0.1) is 12.7 Å². The van der Waals surface area contributed by atoms with E-state index in [1.807, 2.05) is 30.0 Å². The lowest BCUT2D eigenvalue weighted by atomic mass is 9.89. The van der Waals surface area contributed by atoms with Crippen LogP contribution in [0.2, 0.25) is 0 Å². The van der Waals surface area contributed by atoms with Crippen molar-refractivity contribution in [1.82, 2.24) is 14.8 Å². The van der Waals surface area contributed by atoms with E-state index < -0.39 is 0 Å². The van der Waals surface area contributed by atoms with Crippen LogP contribution < -0.4 is 0 Å². The Morgan fingerprint density at radius 1 is 1.07 bits per heavy atom. The van der Waals surface area contributed by atoms with Crippen LogP contribution in [0.3, 0.4) is 0 Å². The van der Waals surface area contributed by atoms with Crippen LogP contribution in [-0.2, 0) is 6.54 Å². The molecule has 2 saturated heterocycles. The van der Waals surface area contributed by atoms with Crippen LogP contribution in [-0.4, -0.2) is 46.9 Å². The SMILES string of the molecule is Cc1ccc(C(=O)N2CCCCC2)c(C2CCN(Cc3cccc(F)c3)CC2)n1. The average molecular weight is 396 g/mol. The van der Waals surface area contributed by atoms with E-state index in [1.165, 1.54) is 12.5 Å². The first-order valence-electron chi connectivity index (χ1n) is 10.8. The summed E-state index contributed by atoms with van der Waals surface area (Å²) in [5.41, 5.74) is 3.75. The number of aryl methyl sites for hydroxylation is 1. The second kappa shape index (κ2) is 9.04. The molecule has 4 nitrogen and oxygen atoms in total. The third-order valence-electron chi connectivity index (χ3n) is 6.21. The molecule has 0 spiro atoms. The largest absolute Gasteiger partial charge is 0.339 e. The number of rotatable bonds is 4. The van der Waals surface area contributed by atoms with Crippen LogP contribution in [0.5, 0.6) is 0 Å². The molecule has 1 aromatic carbocycles. The van der Waals surface area contributed by atoms with Crippen LogP contribution >= 0.6 is 0 Å². The number of amides is 1. The van der Waals surface area contributed by atoms with E-state index in [0.717, 1.165) is 80.9 Å². The maximum atomic E-state index is 13.5. The summed E-state index contributed by atoms with van der Waals surface area (Å²) >= 11 is 0. The number of aromatic nitrogens is 1. The second-order valence-electron chi connectivity index (χ2n) is 8.42. The van der Waals surface area contributed by atoms with Gasteiger partial charge in [-0.05, 0) is 81.9 Å². The molecule has 3 heterocycles. The molecule has 4 rings (SSSR count). The fraction of sp³-hybridized carbons (Fsp3) is 0.500. The number of hydrogen-bond acceptors (Lipinski definition) is 3. The summed E-state index contributed by atoms with van der Waals surface area (Å²) in [5, 5.41) is 0. The molecule has 1 amide bonds. The van der Waals surface area contributed by atoms with Crippen molar-refractivity contribution in [3.63, 3.8) is 0 Å². The molecule has 154 valence electrons. The first-order valence-corrected chi connectivity index (χ1v) is 10.8. The summed E-state index contributed by atoms with van der Waals surface area (Å²) in [4.78, 5) is 22.3. The van der Waals surface area contributed by atoms with Gasteiger partial charge in [0.1, 0.15) is 5.82 Å². The molecule has 1 aromatic heterocycles. The summed E-state index contributed by atoms with van der Waals surface area (Å²) in [6, 6.07) is 10.8. The molecule has 0 saturated carbocycles. The van der Waals surface area contributed by atoms with Gasteiger partial charge in [0, 0.05) is 31.2 Å². The Bertz CT molecular complexity index is 855. The quantitative estimate of drug-likeness (QED) is 0.763. The molecule has 0 unspecified atom stereocenters. The van der Waals surface area contributed by atoms with Gasteiger partial charge in [-0.3, -0.25) is 14.7 Å². The van der Waals surface area contributed by atoms with E-state index in [9.17, 15) is 9.18 Å². The van der Waals surface area contributed by atoms with Gasteiger partial charge in [0.05, 0.1) is 11.3 Å². The van der Waals surface area contributed by atoms with E-state index in [1.54, 1.807) is 12.1 Å². The van der Waals surface area contributed by atoms with E-state index in [0.29, 0.717) is 5.92 Å². The molecule has 2 aliphatic heterocycles. The zero-order valence-corrected chi connectivity index (χ0v) is 17.2. The molecular formula is C24H30FN3O. The van der Waals surface area contributed by atoms with Crippen molar-refractivity contribution < 1.29 is 9.18 Å². The number of carbonyl (C=O) groups excluding carboxylic acids is 1. The van der Waals surface area contributed by atoms with Crippen molar-refractivity contribution >= 4 is 5.91 Å². The summed E-state index contributed by atoms with van der Waals surface area (Å²) in [6.07, 6.45) is 5.36. The maximum Gasteiger partial charge on any atom is 0.255 e. The first kappa shape index (κ1) is 20.0. The van der Waals surface area contributed by atoms with Gasteiger partial charge >= 0.3 is 0 Å². The van der Waals surface area contributed by atoms with Gasteiger partial charge in [-0.25, -0.2) is 4.39 Å². The zero-order chi connectivity index (χ0) is 20.2. The van der Waals surface area contributed by atoms with Crippen LogP contribution in [0.1, 0.15) is 65.3 Å². The van der Waals surface area contributed by atoms with Gasteiger partial charge < -0.3 is 4.90 Å². The number of benzene rings is 1. The minimum atomic E-state index is -0.179. The van der Waals surface area contributed by atoms with E-state index in [-0.39, 0.29) is 11.7 Å². The minimum absolute atomic E-state index is 0.148. The monoisotopic (exact) mass is 395 g/mol. The van der Waals surface area contributed by atoms with Gasteiger partial charge in [-0.2, -0.15) is 0 Å². The molecule has 2 aromatic rings. The molecule has 0 N–H and O–H groups in total. The Labute approximate surface area is 172 Å². The number of nitrogens with zero attached hydrogens (tertiary/aromatic N) is 3.